The molecule has 0 saturated carbocycles. The van der Waals surface area contributed by atoms with Crippen LogP contribution in [0, 0.1) is 0 Å². The van der Waals surface area contributed by atoms with E-state index < -0.39 is 6.10 Å². The number of rotatable bonds is 5. The molecule has 34 heavy (non-hydrogen) atoms. The first-order valence-corrected chi connectivity index (χ1v) is 12.1. The molecule has 2 amide bonds. The van der Waals surface area contributed by atoms with Gasteiger partial charge in [0.2, 0.25) is 5.91 Å². The van der Waals surface area contributed by atoms with E-state index in [-0.39, 0.29) is 24.4 Å². The van der Waals surface area contributed by atoms with E-state index in [2.05, 4.69) is 5.32 Å². The first-order valence-electron chi connectivity index (χ1n) is 12.1. The number of nitrogens with one attached hydrogen (secondary N) is 1. The Morgan fingerprint density at radius 2 is 1.76 bits per heavy atom. The fourth-order valence-corrected chi connectivity index (χ4v) is 4.78. The summed E-state index contributed by atoms with van der Waals surface area (Å²) in [5.74, 6) is 1.94. The molecule has 1 N–H and O–H groups in total. The Labute approximate surface area is 199 Å². The van der Waals surface area contributed by atoms with Crippen LogP contribution in [0.2, 0.25) is 0 Å². The van der Waals surface area contributed by atoms with Gasteiger partial charge in [0.05, 0.1) is 24.8 Å². The molecule has 180 valence electrons. The van der Waals surface area contributed by atoms with Gasteiger partial charge in [0.25, 0.3) is 5.91 Å². The SMILES string of the molecule is C[C@@H](NC(=O)CN1C[C@H](C(=O)N2CCCCC2)Oc2ccccc21)c1ccc2c(c1)OCCO2. The van der Waals surface area contributed by atoms with Crippen LogP contribution >= 0.6 is 0 Å². The average molecular weight is 466 g/mol. The van der Waals surface area contributed by atoms with Crippen LogP contribution in [-0.4, -0.2) is 62.2 Å². The zero-order valence-electron chi connectivity index (χ0n) is 19.5. The molecule has 0 aromatic heterocycles. The molecule has 3 aliphatic heterocycles. The maximum absolute atomic E-state index is 13.1. The number of anilines is 1. The quantitative estimate of drug-likeness (QED) is 0.732. The van der Waals surface area contributed by atoms with Crippen LogP contribution in [0.4, 0.5) is 5.69 Å². The third-order valence-corrected chi connectivity index (χ3v) is 6.58. The van der Waals surface area contributed by atoms with Crippen LogP contribution < -0.4 is 24.4 Å². The number of fused-ring (bicyclic) bond motifs is 2. The molecule has 1 fully saturated rings. The third kappa shape index (κ3) is 4.76. The van der Waals surface area contributed by atoms with Crippen LogP contribution in [0.15, 0.2) is 42.5 Å². The zero-order chi connectivity index (χ0) is 23.5. The summed E-state index contributed by atoms with van der Waals surface area (Å²) < 4.78 is 17.3. The average Bonchev–Trinajstić information content (AvgIpc) is 2.88. The van der Waals surface area contributed by atoms with E-state index in [4.69, 9.17) is 14.2 Å². The molecule has 0 radical (unpaired) electrons. The number of ether oxygens (including phenoxy) is 3. The lowest BCUT2D eigenvalue weighted by molar-refractivity contribution is -0.139. The van der Waals surface area contributed by atoms with Crippen molar-refractivity contribution in [2.75, 3.05) is 44.3 Å². The second-order valence-corrected chi connectivity index (χ2v) is 9.03. The minimum absolute atomic E-state index is 0.00394. The molecule has 3 aliphatic rings. The van der Waals surface area contributed by atoms with Gasteiger partial charge in [-0.1, -0.05) is 18.2 Å². The monoisotopic (exact) mass is 465 g/mol. The fourth-order valence-electron chi connectivity index (χ4n) is 4.78. The minimum atomic E-state index is -0.615. The largest absolute Gasteiger partial charge is 0.486 e. The number of para-hydroxylation sites is 2. The van der Waals surface area contributed by atoms with Crippen molar-refractivity contribution >= 4 is 17.5 Å². The smallest absolute Gasteiger partial charge is 0.265 e. The third-order valence-electron chi connectivity index (χ3n) is 6.58. The van der Waals surface area contributed by atoms with Crippen LogP contribution in [0.25, 0.3) is 0 Å². The van der Waals surface area contributed by atoms with Gasteiger partial charge in [-0.2, -0.15) is 0 Å². The highest BCUT2D eigenvalue weighted by molar-refractivity contribution is 5.86. The molecule has 0 aliphatic carbocycles. The molecular weight excluding hydrogens is 434 g/mol. The summed E-state index contributed by atoms with van der Waals surface area (Å²) in [5.41, 5.74) is 1.77. The molecular formula is C26H31N3O5. The number of amides is 2. The minimum Gasteiger partial charge on any atom is -0.486 e. The fraction of sp³-hybridized carbons (Fsp3) is 0.462. The number of carbonyl (C=O) groups is 2. The molecule has 2 aromatic rings. The Morgan fingerprint density at radius 1 is 1.00 bits per heavy atom. The van der Waals surface area contributed by atoms with Crippen molar-refractivity contribution in [3.63, 3.8) is 0 Å². The molecule has 5 rings (SSSR count). The molecule has 0 spiro atoms. The Bertz CT molecular complexity index is 1050. The standard InChI is InChI=1S/C26H31N3O5/c1-18(19-9-10-22-23(15-19)33-14-13-32-22)27-25(30)17-29-16-24(26(31)28-11-5-2-6-12-28)34-21-8-4-3-7-20(21)29/h3-4,7-10,15,18,24H,2,5-6,11-14,16-17H2,1H3,(H,27,30)/t18-,24-/m1/s1. The van der Waals surface area contributed by atoms with E-state index in [0.29, 0.717) is 31.3 Å². The van der Waals surface area contributed by atoms with Gasteiger partial charge in [0.1, 0.15) is 19.0 Å². The number of hydrogen-bond acceptors (Lipinski definition) is 6. The summed E-state index contributed by atoms with van der Waals surface area (Å²) in [7, 11) is 0. The van der Waals surface area contributed by atoms with E-state index in [1.807, 2.05) is 59.2 Å². The predicted octanol–water partition coefficient (Wildman–Crippen LogP) is 2.92. The lowest BCUT2D eigenvalue weighted by Crippen LogP contribution is -2.53. The summed E-state index contributed by atoms with van der Waals surface area (Å²) in [4.78, 5) is 30.0. The Hall–Kier alpha value is -3.42. The van der Waals surface area contributed by atoms with E-state index in [1.54, 1.807) is 0 Å². The lowest BCUT2D eigenvalue weighted by atomic mass is 10.1. The number of hydrogen-bond donors (Lipinski definition) is 1. The summed E-state index contributed by atoms with van der Waals surface area (Å²) >= 11 is 0. The molecule has 3 heterocycles. The van der Waals surface area contributed by atoms with Gasteiger partial charge >= 0.3 is 0 Å². The van der Waals surface area contributed by atoms with Gasteiger partial charge in [0.15, 0.2) is 17.6 Å². The molecule has 2 aromatic carbocycles. The maximum atomic E-state index is 13.1. The predicted molar refractivity (Wildman–Crippen MR) is 127 cm³/mol. The van der Waals surface area contributed by atoms with E-state index >= 15 is 0 Å². The van der Waals surface area contributed by atoms with Crippen molar-refractivity contribution in [1.29, 1.82) is 0 Å². The summed E-state index contributed by atoms with van der Waals surface area (Å²) in [6.07, 6.45) is 2.60. The first-order chi connectivity index (χ1) is 16.6. The number of piperidine rings is 1. The molecule has 2 atom stereocenters. The number of benzene rings is 2. The normalized spacial score (nSPS) is 20.1. The van der Waals surface area contributed by atoms with Crippen molar-refractivity contribution in [3.8, 4) is 17.2 Å². The second kappa shape index (κ2) is 9.83. The molecule has 8 nitrogen and oxygen atoms in total. The van der Waals surface area contributed by atoms with Crippen molar-refractivity contribution in [2.24, 2.45) is 0 Å². The van der Waals surface area contributed by atoms with Gasteiger partial charge in [-0.25, -0.2) is 0 Å². The Morgan fingerprint density at radius 3 is 2.59 bits per heavy atom. The zero-order valence-corrected chi connectivity index (χ0v) is 19.5. The molecule has 0 unspecified atom stereocenters. The Balaban J connectivity index is 1.26. The van der Waals surface area contributed by atoms with Crippen LogP contribution in [0.1, 0.15) is 37.8 Å². The van der Waals surface area contributed by atoms with Crippen molar-refractivity contribution in [1.82, 2.24) is 10.2 Å². The van der Waals surface area contributed by atoms with Gasteiger partial charge in [-0.15, -0.1) is 0 Å². The topological polar surface area (TPSA) is 80.3 Å². The van der Waals surface area contributed by atoms with Crippen LogP contribution in [-0.2, 0) is 9.59 Å². The maximum Gasteiger partial charge on any atom is 0.265 e. The lowest BCUT2D eigenvalue weighted by Gasteiger charge is -2.38. The second-order valence-electron chi connectivity index (χ2n) is 9.03. The number of carbonyl (C=O) groups excluding carboxylic acids is 2. The molecule has 1 saturated heterocycles. The summed E-state index contributed by atoms with van der Waals surface area (Å²) in [6.45, 7) is 5.03. The highest BCUT2D eigenvalue weighted by Crippen LogP contribution is 2.34. The molecule has 8 heteroatoms. The van der Waals surface area contributed by atoms with Crippen LogP contribution in [0.5, 0.6) is 17.2 Å². The van der Waals surface area contributed by atoms with E-state index in [1.165, 1.54) is 0 Å². The van der Waals surface area contributed by atoms with Gasteiger partial charge in [0, 0.05) is 13.1 Å². The highest BCUT2D eigenvalue weighted by Gasteiger charge is 2.34. The van der Waals surface area contributed by atoms with Crippen molar-refractivity contribution in [3.05, 3.63) is 48.0 Å². The van der Waals surface area contributed by atoms with Gasteiger partial charge < -0.3 is 29.3 Å². The highest BCUT2D eigenvalue weighted by atomic mass is 16.6. The van der Waals surface area contributed by atoms with E-state index in [9.17, 15) is 9.59 Å². The molecule has 0 bridgehead atoms. The number of likely N-dealkylation sites (tertiary alicyclic amines) is 1. The van der Waals surface area contributed by atoms with Crippen molar-refractivity contribution < 1.29 is 23.8 Å². The Kier molecular flexibility index (Phi) is 6.47. The summed E-state index contributed by atoms with van der Waals surface area (Å²) in [6, 6.07) is 13.1. The van der Waals surface area contributed by atoms with Gasteiger partial charge in [-0.3, -0.25) is 9.59 Å². The first kappa shape index (κ1) is 22.4. The summed E-state index contributed by atoms with van der Waals surface area (Å²) in [5, 5.41) is 3.08. The number of nitrogens with zero attached hydrogens (tertiary/aromatic N) is 2. The van der Waals surface area contributed by atoms with Crippen LogP contribution in [0.3, 0.4) is 0 Å². The van der Waals surface area contributed by atoms with Crippen molar-refractivity contribution in [2.45, 2.75) is 38.3 Å². The van der Waals surface area contributed by atoms with E-state index in [0.717, 1.165) is 49.4 Å². The van der Waals surface area contributed by atoms with Gasteiger partial charge in [-0.05, 0) is 56.0 Å².